The topological polar surface area (TPSA) is 49.3 Å². The lowest BCUT2D eigenvalue weighted by Crippen LogP contribution is -2.14. The molecule has 21 heavy (non-hydrogen) atoms. The Morgan fingerprint density at radius 2 is 1.81 bits per heavy atom. The molecule has 0 saturated carbocycles. The van der Waals surface area contributed by atoms with Gasteiger partial charge in [0.2, 0.25) is 0 Å². The van der Waals surface area contributed by atoms with Gasteiger partial charge in [-0.05, 0) is 30.0 Å². The lowest BCUT2D eigenvalue weighted by atomic mass is 10.1. The summed E-state index contributed by atoms with van der Waals surface area (Å²) in [6, 6.07) is 2.28. The number of alkyl halides is 6. The van der Waals surface area contributed by atoms with Crippen molar-refractivity contribution in [3.8, 4) is 0 Å². The van der Waals surface area contributed by atoms with Crippen molar-refractivity contribution in [2.75, 3.05) is 17.6 Å². The fourth-order valence-electron chi connectivity index (χ4n) is 1.44. The van der Waals surface area contributed by atoms with Gasteiger partial charge in [0.05, 0.1) is 11.1 Å². The molecule has 3 nitrogen and oxygen atoms in total. The van der Waals surface area contributed by atoms with E-state index in [2.05, 4.69) is 5.32 Å². The second kappa shape index (κ2) is 6.46. The molecular weight excluding hydrogens is 324 g/mol. The average molecular weight is 333 g/mol. The Bertz CT molecular complexity index is 514. The molecule has 1 aromatic carbocycles. The molecule has 0 aliphatic heterocycles. The molecule has 0 aliphatic rings. The van der Waals surface area contributed by atoms with E-state index in [1.165, 1.54) is 0 Å². The standard InChI is InChI=1S/C11H9F6NO2S/c12-10(13,14)8-2-1-6(5-7(8)9(19)20)18-3-4-21-11(15,16)17/h1-2,5,18H,3-4H2,(H,19,20). The Labute approximate surface area is 119 Å². The van der Waals surface area contributed by atoms with Crippen molar-refractivity contribution in [2.24, 2.45) is 0 Å². The van der Waals surface area contributed by atoms with Gasteiger partial charge in [-0.25, -0.2) is 4.79 Å². The Balaban J connectivity index is 2.78. The molecule has 10 heteroatoms. The van der Waals surface area contributed by atoms with Crippen LogP contribution < -0.4 is 5.32 Å². The molecule has 0 unspecified atom stereocenters. The third kappa shape index (κ3) is 5.74. The minimum Gasteiger partial charge on any atom is -0.478 e. The number of aromatic carboxylic acids is 1. The number of hydrogen-bond acceptors (Lipinski definition) is 3. The summed E-state index contributed by atoms with van der Waals surface area (Å²) in [6.07, 6.45) is -4.82. The third-order valence-corrected chi connectivity index (χ3v) is 2.99. The van der Waals surface area contributed by atoms with E-state index in [0.29, 0.717) is 6.07 Å². The maximum atomic E-state index is 12.6. The van der Waals surface area contributed by atoms with Gasteiger partial charge in [-0.1, -0.05) is 0 Å². The summed E-state index contributed by atoms with van der Waals surface area (Å²) in [6.45, 7) is -0.172. The van der Waals surface area contributed by atoms with Gasteiger partial charge in [0, 0.05) is 18.0 Å². The first-order valence-electron chi connectivity index (χ1n) is 5.40. The number of carboxylic acids is 1. The number of hydrogen-bond donors (Lipinski definition) is 2. The quantitative estimate of drug-likeness (QED) is 0.630. The van der Waals surface area contributed by atoms with Crippen LogP contribution in [0.5, 0.6) is 0 Å². The van der Waals surface area contributed by atoms with Crippen LogP contribution in [0.3, 0.4) is 0 Å². The Morgan fingerprint density at radius 3 is 2.29 bits per heavy atom. The second-order valence-electron chi connectivity index (χ2n) is 3.78. The predicted molar refractivity (Wildman–Crippen MR) is 65.4 cm³/mol. The molecule has 118 valence electrons. The van der Waals surface area contributed by atoms with E-state index >= 15 is 0 Å². The van der Waals surface area contributed by atoms with Gasteiger partial charge in [0.25, 0.3) is 0 Å². The first-order chi connectivity index (χ1) is 9.50. The summed E-state index contributed by atoms with van der Waals surface area (Å²) in [5, 5.41) is 11.2. The molecule has 1 rings (SSSR count). The third-order valence-electron chi connectivity index (χ3n) is 2.25. The van der Waals surface area contributed by atoms with Gasteiger partial charge >= 0.3 is 17.7 Å². The number of carboxylic acid groups (broad SMARTS) is 1. The molecule has 1 aromatic rings. The summed E-state index contributed by atoms with van der Waals surface area (Å²) < 4.78 is 73.3. The zero-order valence-corrected chi connectivity index (χ0v) is 11.0. The highest BCUT2D eigenvalue weighted by molar-refractivity contribution is 8.00. The van der Waals surface area contributed by atoms with E-state index in [1.54, 1.807) is 0 Å². The van der Waals surface area contributed by atoms with Crippen molar-refractivity contribution in [3.63, 3.8) is 0 Å². The largest absolute Gasteiger partial charge is 0.478 e. The van der Waals surface area contributed by atoms with Crippen molar-refractivity contribution < 1.29 is 36.2 Å². The van der Waals surface area contributed by atoms with Gasteiger partial charge in [0.1, 0.15) is 0 Å². The highest BCUT2D eigenvalue weighted by Gasteiger charge is 2.35. The molecule has 0 aliphatic carbocycles. The summed E-state index contributed by atoms with van der Waals surface area (Å²) in [4.78, 5) is 10.8. The number of anilines is 1. The zero-order valence-electron chi connectivity index (χ0n) is 10.2. The van der Waals surface area contributed by atoms with Gasteiger partial charge < -0.3 is 10.4 Å². The summed E-state index contributed by atoms with van der Waals surface area (Å²) >= 11 is -0.288. The minimum atomic E-state index is -4.82. The molecule has 0 radical (unpaired) electrons. The van der Waals surface area contributed by atoms with Crippen molar-refractivity contribution in [3.05, 3.63) is 29.3 Å². The van der Waals surface area contributed by atoms with Gasteiger partial charge in [0.15, 0.2) is 0 Å². The number of nitrogens with one attached hydrogen (secondary N) is 1. The van der Waals surface area contributed by atoms with E-state index in [4.69, 9.17) is 5.11 Å². The summed E-state index contributed by atoms with van der Waals surface area (Å²) in [5.74, 6) is -2.12. The molecule has 0 saturated heterocycles. The monoisotopic (exact) mass is 333 g/mol. The fraction of sp³-hybridized carbons (Fsp3) is 0.364. The van der Waals surface area contributed by atoms with Crippen LogP contribution in [-0.4, -0.2) is 28.9 Å². The van der Waals surface area contributed by atoms with Crippen LogP contribution in [0.1, 0.15) is 15.9 Å². The SMILES string of the molecule is O=C(O)c1cc(NCCSC(F)(F)F)ccc1C(F)(F)F. The van der Waals surface area contributed by atoms with Gasteiger partial charge in [-0.3, -0.25) is 0 Å². The molecule has 0 heterocycles. The molecule has 2 N–H and O–H groups in total. The first-order valence-corrected chi connectivity index (χ1v) is 6.38. The highest BCUT2D eigenvalue weighted by atomic mass is 32.2. The van der Waals surface area contributed by atoms with E-state index in [-0.39, 0.29) is 29.7 Å². The Morgan fingerprint density at radius 1 is 1.19 bits per heavy atom. The normalized spacial score (nSPS) is 12.3. The van der Waals surface area contributed by atoms with Crippen LogP contribution in [-0.2, 0) is 6.18 Å². The lowest BCUT2D eigenvalue weighted by Gasteiger charge is -2.13. The summed E-state index contributed by atoms with van der Waals surface area (Å²) in [5.41, 5.74) is -6.67. The molecule has 0 aromatic heterocycles. The Hall–Kier alpha value is -1.58. The smallest absolute Gasteiger partial charge is 0.441 e. The van der Waals surface area contributed by atoms with E-state index < -0.39 is 28.8 Å². The number of carbonyl (C=O) groups is 1. The van der Waals surface area contributed by atoms with Crippen LogP contribution in [0.2, 0.25) is 0 Å². The molecular formula is C11H9F6NO2S. The number of thioether (sulfide) groups is 1. The van der Waals surface area contributed by atoms with Crippen molar-refractivity contribution in [2.45, 2.75) is 11.7 Å². The molecule has 0 atom stereocenters. The van der Waals surface area contributed by atoms with E-state index in [9.17, 15) is 31.1 Å². The van der Waals surface area contributed by atoms with E-state index in [1.807, 2.05) is 0 Å². The minimum absolute atomic E-state index is 0.00294. The van der Waals surface area contributed by atoms with Crippen molar-refractivity contribution in [1.82, 2.24) is 0 Å². The second-order valence-corrected chi connectivity index (χ2v) is 4.94. The molecule has 0 fully saturated rings. The van der Waals surface area contributed by atoms with Crippen molar-refractivity contribution in [1.29, 1.82) is 0 Å². The van der Waals surface area contributed by atoms with E-state index in [0.717, 1.165) is 12.1 Å². The maximum absolute atomic E-state index is 12.6. The molecule has 0 bridgehead atoms. The zero-order chi connectivity index (χ0) is 16.3. The van der Waals surface area contributed by atoms with Crippen LogP contribution in [0, 0.1) is 0 Å². The highest BCUT2D eigenvalue weighted by Crippen LogP contribution is 2.33. The van der Waals surface area contributed by atoms with Crippen molar-refractivity contribution >= 4 is 23.4 Å². The maximum Gasteiger partial charge on any atom is 0.441 e. The van der Waals surface area contributed by atoms with Crippen LogP contribution in [0.15, 0.2) is 18.2 Å². The van der Waals surface area contributed by atoms with Crippen LogP contribution in [0.4, 0.5) is 32.0 Å². The average Bonchev–Trinajstić information content (AvgIpc) is 2.32. The number of benzene rings is 1. The first kappa shape index (κ1) is 17.5. The van der Waals surface area contributed by atoms with Gasteiger partial charge in [-0.2, -0.15) is 26.3 Å². The number of halogens is 6. The molecule has 0 amide bonds. The Kier molecular flexibility index (Phi) is 5.37. The molecule has 0 spiro atoms. The van der Waals surface area contributed by atoms with Gasteiger partial charge in [-0.15, -0.1) is 0 Å². The van der Waals surface area contributed by atoms with Crippen LogP contribution in [0.25, 0.3) is 0 Å². The summed E-state index contributed by atoms with van der Waals surface area (Å²) in [7, 11) is 0. The number of rotatable bonds is 5. The lowest BCUT2D eigenvalue weighted by molar-refractivity contribution is -0.138. The predicted octanol–water partition coefficient (Wildman–Crippen LogP) is 4.07. The van der Waals surface area contributed by atoms with Crippen LogP contribution >= 0.6 is 11.8 Å². The fourth-order valence-corrected chi connectivity index (χ4v) is 1.88.